The second-order valence-corrected chi connectivity index (χ2v) is 14.4. The van der Waals surface area contributed by atoms with Crippen LogP contribution < -0.4 is 10.2 Å². The Kier molecular flexibility index (Phi) is 7.24. The molecule has 1 atom stereocenters. The Morgan fingerprint density at radius 1 is 0.455 bits per heavy atom. The average Bonchev–Trinajstić information content (AvgIpc) is 3.64. The fraction of sp³-hybridized carbons (Fsp3) is 0.0192. The molecule has 55 heavy (non-hydrogen) atoms. The van der Waals surface area contributed by atoms with E-state index < -0.39 is 0 Å². The molecule has 0 saturated heterocycles. The highest BCUT2D eigenvalue weighted by Crippen LogP contribution is 2.48. The van der Waals surface area contributed by atoms with E-state index in [2.05, 4.69) is 197 Å². The number of nitrogens with zero attached hydrogens (tertiary/aromatic N) is 2. The minimum absolute atomic E-state index is 0.0834. The number of hydrogen-bond donors (Lipinski definition) is 1. The van der Waals surface area contributed by atoms with Crippen molar-refractivity contribution in [2.24, 2.45) is 0 Å². The van der Waals surface area contributed by atoms with Gasteiger partial charge in [0.2, 0.25) is 0 Å². The van der Waals surface area contributed by atoms with Gasteiger partial charge in [-0.3, -0.25) is 4.98 Å². The molecule has 3 heteroatoms. The largest absolute Gasteiger partial charge is 0.359 e. The Hall–Kier alpha value is -7.23. The van der Waals surface area contributed by atoms with E-state index in [-0.39, 0.29) is 6.17 Å². The van der Waals surface area contributed by atoms with Gasteiger partial charge in [0.05, 0.1) is 11.4 Å². The fourth-order valence-corrected chi connectivity index (χ4v) is 8.67. The number of aromatic nitrogens is 1. The Labute approximate surface area is 320 Å². The molecule has 3 heterocycles. The quantitative estimate of drug-likeness (QED) is 0.181. The summed E-state index contributed by atoms with van der Waals surface area (Å²) in [6, 6.07) is 60.1. The zero-order chi connectivity index (χ0) is 36.3. The van der Waals surface area contributed by atoms with Gasteiger partial charge in [-0.1, -0.05) is 146 Å². The van der Waals surface area contributed by atoms with Crippen molar-refractivity contribution in [2.45, 2.75) is 6.17 Å². The van der Waals surface area contributed by atoms with Crippen LogP contribution in [-0.2, 0) is 0 Å². The SMILES string of the molecule is C1=CC2Nc3c(-c4ccc(-c5c6ccccc6c(-c6ccc7ccccc7c6)c6ccccc56)cc4)cc(-c4ccc(-c5cccnc5)cc4)cc3N2C=C1. The number of benzene rings is 8. The maximum atomic E-state index is 4.32. The Morgan fingerprint density at radius 2 is 1.05 bits per heavy atom. The Bertz CT molecular complexity index is 2940. The van der Waals surface area contributed by atoms with Crippen molar-refractivity contribution >= 4 is 43.7 Å². The molecule has 0 aliphatic carbocycles. The number of hydrogen-bond acceptors (Lipinski definition) is 3. The average molecular weight is 702 g/mol. The summed E-state index contributed by atoms with van der Waals surface area (Å²) in [5.41, 5.74) is 14.3. The maximum Gasteiger partial charge on any atom is 0.123 e. The van der Waals surface area contributed by atoms with Crippen LogP contribution in [0.2, 0.25) is 0 Å². The number of pyridine rings is 1. The highest BCUT2D eigenvalue weighted by Gasteiger charge is 2.30. The smallest absolute Gasteiger partial charge is 0.123 e. The summed E-state index contributed by atoms with van der Waals surface area (Å²) < 4.78 is 0. The summed E-state index contributed by atoms with van der Waals surface area (Å²) in [6.07, 6.45) is 12.4. The molecule has 1 unspecified atom stereocenters. The van der Waals surface area contributed by atoms with Crippen molar-refractivity contribution in [1.82, 2.24) is 4.98 Å². The lowest BCUT2D eigenvalue weighted by Gasteiger charge is -2.22. The topological polar surface area (TPSA) is 28.2 Å². The van der Waals surface area contributed by atoms with Crippen LogP contribution in [-0.4, -0.2) is 11.1 Å². The summed E-state index contributed by atoms with van der Waals surface area (Å²) in [6.45, 7) is 0. The lowest BCUT2D eigenvalue weighted by atomic mass is 9.85. The number of anilines is 2. The second kappa shape index (κ2) is 12.7. The molecule has 0 bridgehead atoms. The highest BCUT2D eigenvalue weighted by atomic mass is 15.3. The lowest BCUT2D eigenvalue weighted by Crippen LogP contribution is -2.30. The van der Waals surface area contributed by atoms with E-state index in [4.69, 9.17) is 0 Å². The van der Waals surface area contributed by atoms with Gasteiger partial charge in [0, 0.05) is 24.2 Å². The van der Waals surface area contributed by atoms with Crippen LogP contribution in [0.4, 0.5) is 11.4 Å². The van der Waals surface area contributed by atoms with Gasteiger partial charge in [0.1, 0.15) is 6.17 Å². The van der Waals surface area contributed by atoms with Gasteiger partial charge in [0.15, 0.2) is 0 Å². The van der Waals surface area contributed by atoms with Gasteiger partial charge in [-0.15, -0.1) is 0 Å². The van der Waals surface area contributed by atoms with E-state index >= 15 is 0 Å². The van der Waals surface area contributed by atoms with E-state index in [0.717, 1.165) is 16.8 Å². The summed E-state index contributed by atoms with van der Waals surface area (Å²) in [5, 5.41) is 11.4. The molecule has 9 aromatic rings. The number of rotatable bonds is 5. The summed E-state index contributed by atoms with van der Waals surface area (Å²) in [7, 11) is 0. The Morgan fingerprint density at radius 3 is 1.75 bits per heavy atom. The van der Waals surface area contributed by atoms with E-state index in [1.807, 2.05) is 18.5 Å². The molecule has 0 spiro atoms. The van der Waals surface area contributed by atoms with Crippen molar-refractivity contribution in [3.8, 4) is 55.6 Å². The standard InChI is InChI=1S/C52H35N3/c1-2-11-39-30-40(27-22-34(39)10-1)51-45-15-5-3-13-43(45)50(44-14-4-6-16-46(44)51)38-25-23-37(24-26-38)47-31-42(32-48-52(47)54-49-17-7-8-29-55(48)49)36-20-18-35(19-21-36)41-12-9-28-53-33-41/h1-33,49,54H. The van der Waals surface area contributed by atoms with Crippen LogP contribution in [0.3, 0.4) is 0 Å². The number of nitrogens with one attached hydrogen (secondary N) is 1. The molecule has 0 saturated carbocycles. The maximum absolute atomic E-state index is 4.32. The Balaban J connectivity index is 1.04. The van der Waals surface area contributed by atoms with Crippen LogP contribution in [0, 0.1) is 0 Å². The first-order chi connectivity index (χ1) is 27.3. The minimum atomic E-state index is 0.0834. The number of fused-ring (bicyclic) bond motifs is 6. The van der Waals surface area contributed by atoms with Crippen LogP contribution in [0.15, 0.2) is 201 Å². The molecular weight excluding hydrogens is 667 g/mol. The molecule has 0 amide bonds. The van der Waals surface area contributed by atoms with E-state index in [1.54, 1.807) is 0 Å². The molecule has 1 N–H and O–H groups in total. The molecular formula is C52H35N3. The molecule has 0 fully saturated rings. The van der Waals surface area contributed by atoms with E-state index in [9.17, 15) is 0 Å². The highest BCUT2D eigenvalue weighted by molar-refractivity contribution is 6.21. The first-order valence-electron chi connectivity index (χ1n) is 18.9. The molecule has 8 aromatic carbocycles. The normalized spacial score (nSPS) is 14.3. The van der Waals surface area contributed by atoms with Crippen molar-refractivity contribution in [3.63, 3.8) is 0 Å². The van der Waals surface area contributed by atoms with Gasteiger partial charge in [-0.25, -0.2) is 0 Å². The molecule has 2 aliphatic heterocycles. The predicted octanol–water partition coefficient (Wildman–Crippen LogP) is 13.5. The summed E-state index contributed by atoms with van der Waals surface area (Å²) in [4.78, 5) is 6.65. The van der Waals surface area contributed by atoms with E-state index in [0.29, 0.717) is 0 Å². The molecule has 2 aliphatic rings. The molecule has 0 radical (unpaired) electrons. The summed E-state index contributed by atoms with van der Waals surface area (Å²) >= 11 is 0. The third kappa shape index (κ3) is 5.24. The third-order valence-electron chi connectivity index (χ3n) is 11.3. The van der Waals surface area contributed by atoms with Gasteiger partial charge in [-0.05, 0) is 119 Å². The van der Waals surface area contributed by atoms with Crippen molar-refractivity contribution in [3.05, 3.63) is 201 Å². The minimum Gasteiger partial charge on any atom is -0.359 e. The number of allylic oxidation sites excluding steroid dienone is 2. The molecule has 258 valence electrons. The van der Waals surface area contributed by atoms with Crippen LogP contribution >= 0.6 is 0 Å². The molecule has 1 aromatic heterocycles. The second-order valence-electron chi connectivity index (χ2n) is 14.4. The first-order valence-corrected chi connectivity index (χ1v) is 18.9. The van der Waals surface area contributed by atoms with Gasteiger partial charge in [-0.2, -0.15) is 0 Å². The third-order valence-corrected chi connectivity index (χ3v) is 11.3. The van der Waals surface area contributed by atoms with Gasteiger partial charge < -0.3 is 10.2 Å². The van der Waals surface area contributed by atoms with E-state index in [1.165, 1.54) is 82.5 Å². The predicted molar refractivity (Wildman–Crippen MR) is 232 cm³/mol. The monoisotopic (exact) mass is 701 g/mol. The lowest BCUT2D eigenvalue weighted by molar-refractivity contribution is 0.908. The van der Waals surface area contributed by atoms with Crippen molar-refractivity contribution < 1.29 is 0 Å². The summed E-state index contributed by atoms with van der Waals surface area (Å²) in [5.74, 6) is 0. The van der Waals surface area contributed by atoms with Crippen LogP contribution in [0.1, 0.15) is 0 Å². The molecule has 3 nitrogen and oxygen atoms in total. The van der Waals surface area contributed by atoms with Crippen LogP contribution in [0.5, 0.6) is 0 Å². The molecule has 11 rings (SSSR count). The van der Waals surface area contributed by atoms with Gasteiger partial charge >= 0.3 is 0 Å². The van der Waals surface area contributed by atoms with Crippen molar-refractivity contribution in [1.29, 1.82) is 0 Å². The van der Waals surface area contributed by atoms with Gasteiger partial charge in [0.25, 0.3) is 0 Å². The zero-order valence-electron chi connectivity index (χ0n) is 30.0. The van der Waals surface area contributed by atoms with Crippen LogP contribution in [0.25, 0.3) is 88.0 Å². The zero-order valence-corrected chi connectivity index (χ0v) is 30.0. The van der Waals surface area contributed by atoms with Crippen molar-refractivity contribution in [2.75, 3.05) is 10.2 Å². The fourth-order valence-electron chi connectivity index (χ4n) is 8.67. The first kappa shape index (κ1) is 31.3.